The van der Waals surface area contributed by atoms with Crippen LogP contribution in [0.2, 0.25) is 0 Å². The molecule has 8 nitrogen and oxygen atoms in total. The molecule has 2 heterocycles. The molecule has 8 heteroatoms. The maximum absolute atomic E-state index is 11.1. The Morgan fingerprint density at radius 1 is 1.33 bits per heavy atom. The Hall–Kier alpha value is -3.83. The summed E-state index contributed by atoms with van der Waals surface area (Å²) < 4.78 is 1.79. The van der Waals surface area contributed by atoms with E-state index in [4.69, 9.17) is 5.11 Å². The van der Waals surface area contributed by atoms with E-state index in [0.29, 0.717) is 18.7 Å². The first-order chi connectivity index (χ1) is 15.9. The van der Waals surface area contributed by atoms with Crippen LogP contribution in [0, 0.1) is 11.3 Å². The lowest BCUT2D eigenvalue weighted by Gasteiger charge is -2.35. The van der Waals surface area contributed by atoms with E-state index in [0.717, 1.165) is 28.2 Å². The number of rotatable bonds is 8. The fourth-order valence-corrected chi connectivity index (χ4v) is 4.26. The lowest BCUT2D eigenvalue weighted by molar-refractivity contribution is -0.136. The average molecular weight is 445 g/mol. The van der Waals surface area contributed by atoms with Crippen molar-refractivity contribution in [3.63, 3.8) is 0 Å². The number of anilines is 2. The van der Waals surface area contributed by atoms with Gasteiger partial charge in [0.2, 0.25) is 0 Å². The van der Waals surface area contributed by atoms with E-state index in [1.807, 2.05) is 61.8 Å². The number of fused-ring (bicyclic) bond motifs is 1. The Morgan fingerprint density at radius 2 is 2.15 bits per heavy atom. The van der Waals surface area contributed by atoms with Gasteiger partial charge in [0.05, 0.1) is 41.1 Å². The third-order valence-corrected chi connectivity index (χ3v) is 6.00. The molecule has 4 rings (SSSR count). The molecule has 4 N–H and O–H groups in total. The van der Waals surface area contributed by atoms with Crippen LogP contribution in [0.1, 0.15) is 41.3 Å². The largest absolute Gasteiger partial charge is 0.481 e. The molecule has 2 aromatic carbocycles. The molecule has 3 atom stereocenters. The molecule has 1 aliphatic heterocycles. The number of aryl methyl sites for hydroxylation is 1. The first kappa shape index (κ1) is 22.4. The van der Waals surface area contributed by atoms with Gasteiger partial charge in [-0.15, -0.1) is 0 Å². The van der Waals surface area contributed by atoms with Gasteiger partial charge in [-0.05, 0) is 35.2 Å². The van der Waals surface area contributed by atoms with E-state index in [9.17, 15) is 10.1 Å². The molecule has 0 radical (unpaired) electrons. The standard InChI is InChI=1S/C25H28N6O2/c1-16(18-6-3-5-17(11-18)12-23(32)33)14-28-25(21-9-10-31(2)30-21)22-15-27-20-8-4-7-19(13-26)24(20)29-22/h3-11,16,22,25,27-29H,12,14-15H2,1-2H3,(H,32,33)/t16-,22-,25-/m1/s1. The third-order valence-electron chi connectivity index (χ3n) is 6.00. The fraction of sp³-hybridized carbons (Fsp3) is 0.320. The van der Waals surface area contributed by atoms with Crippen LogP contribution in [0.5, 0.6) is 0 Å². The molecule has 0 fully saturated rings. The molecular formula is C25H28N6O2. The summed E-state index contributed by atoms with van der Waals surface area (Å²) in [6.45, 7) is 3.49. The molecule has 0 saturated heterocycles. The van der Waals surface area contributed by atoms with E-state index < -0.39 is 5.97 Å². The molecule has 0 saturated carbocycles. The van der Waals surface area contributed by atoms with E-state index in [1.165, 1.54) is 0 Å². The van der Waals surface area contributed by atoms with E-state index in [1.54, 1.807) is 4.68 Å². The summed E-state index contributed by atoms with van der Waals surface area (Å²) in [6, 6.07) is 17.6. The number of carbonyl (C=O) groups is 1. The molecule has 33 heavy (non-hydrogen) atoms. The second-order valence-electron chi connectivity index (χ2n) is 8.49. The number of carboxylic acids is 1. The zero-order valence-corrected chi connectivity index (χ0v) is 18.7. The number of nitrogens with one attached hydrogen (secondary N) is 3. The maximum atomic E-state index is 11.1. The summed E-state index contributed by atoms with van der Waals surface area (Å²) in [5.74, 6) is -0.663. The Morgan fingerprint density at radius 3 is 2.88 bits per heavy atom. The lowest BCUT2D eigenvalue weighted by atomic mass is 9.96. The third kappa shape index (κ3) is 5.16. The Kier molecular flexibility index (Phi) is 6.61. The number of hydrogen-bond acceptors (Lipinski definition) is 6. The van der Waals surface area contributed by atoms with Gasteiger partial charge in [-0.3, -0.25) is 9.48 Å². The van der Waals surface area contributed by atoms with Gasteiger partial charge in [-0.1, -0.05) is 37.3 Å². The lowest BCUT2D eigenvalue weighted by Crippen LogP contribution is -2.45. The van der Waals surface area contributed by atoms with Crippen molar-refractivity contribution in [3.8, 4) is 6.07 Å². The van der Waals surface area contributed by atoms with Crippen molar-refractivity contribution in [2.45, 2.75) is 31.3 Å². The van der Waals surface area contributed by atoms with Crippen molar-refractivity contribution in [1.29, 1.82) is 5.26 Å². The first-order valence-corrected chi connectivity index (χ1v) is 11.0. The first-order valence-electron chi connectivity index (χ1n) is 11.0. The van der Waals surface area contributed by atoms with Gasteiger partial charge in [0.15, 0.2) is 0 Å². The molecular weight excluding hydrogens is 416 g/mol. The van der Waals surface area contributed by atoms with Gasteiger partial charge in [-0.2, -0.15) is 10.4 Å². The molecule has 0 aliphatic carbocycles. The molecule has 170 valence electrons. The van der Waals surface area contributed by atoms with Crippen molar-refractivity contribution in [3.05, 3.63) is 77.1 Å². The molecule has 0 bridgehead atoms. The number of aromatic nitrogens is 2. The van der Waals surface area contributed by atoms with E-state index >= 15 is 0 Å². The topological polar surface area (TPSA) is 115 Å². The highest BCUT2D eigenvalue weighted by Crippen LogP contribution is 2.33. The summed E-state index contributed by atoms with van der Waals surface area (Å²) >= 11 is 0. The van der Waals surface area contributed by atoms with Crippen LogP contribution in [0.15, 0.2) is 54.7 Å². The van der Waals surface area contributed by atoms with Gasteiger partial charge >= 0.3 is 5.97 Å². The van der Waals surface area contributed by atoms with Gasteiger partial charge in [0, 0.05) is 26.3 Å². The second kappa shape index (κ2) is 9.76. The summed E-state index contributed by atoms with van der Waals surface area (Å²) in [7, 11) is 1.90. The Balaban J connectivity index is 1.53. The van der Waals surface area contributed by atoms with Crippen LogP contribution >= 0.6 is 0 Å². The van der Waals surface area contributed by atoms with E-state index in [-0.39, 0.29) is 24.4 Å². The number of nitrogens with zero attached hydrogens (tertiary/aromatic N) is 3. The quantitative estimate of drug-likeness (QED) is 0.422. The predicted molar refractivity (Wildman–Crippen MR) is 127 cm³/mol. The number of aliphatic carboxylic acids is 1. The summed E-state index contributed by atoms with van der Waals surface area (Å²) in [5.41, 5.74) is 5.15. The van der Waals surface area contributed by atoms with Gasteiger partial charge < -0.3 is 21.1 Å². The predicted octanol–water partition coefficient (Wildman–Crippen LogP) is 3.26. The van der Waals surface area contributed by atoms with Crippen LogP contribution in [0.4, 0.5) is 11.4 Å². The Labute approximate surface area is 193 Å². The molecule has 1 aromatic heterocycles. The van der Waals surface area contributed by atoms with Crippen LogP contribution in [0.3, 0.4) is 0 Å². The fourth-order valence-electron chi connectivity index (χ4n) is 4.26. The van der Waals surface area contributed by atoms with Crippen LogP contribution in [-0.4, -0.2) is 40.0 Å². The van der Waals surface area contributed by atoms with Gasteiger partial charge in [0.25, 0.3) is 0 Å². The highest BCUT2D eigenvalue weighted by molar-refractivity contribution is 5.77. The minimum atomic E-state index is -0.832. The minimum Gasteiger partial charge on any atom is -0.481 e. The number of carboxylic acid groups (broad SMARTS) is 1. The van der Waals surface area contributed by atoms with Crippen molar-refractivity contribution in [1.82, 2.24) is 15.1 Å². The monoisotopic (exact) mass is 444 g/mol. The van der Waals surface area contributed by atoms with Crippen molar-refractivity contribution in [2.24, 2.45) is 7.05 Å². The van der Waals surface area contributed by atoms with Crippen LogP contribution in [0.25, 0.3) is 0 Å². The van der Waals surface area contributed by atoms with Crippen molar-refractivity contribution in [2.75, 3.05) is 23.7 Å². The molecule has 3 aromatic rings. The molecule has 0 amide bonds. The number of benzene rings is 2. The number of para-hydroxylation sites is 1. The molecule has 0 spiro atoms. The Bertz CT molecular complexity index is 1180. The smallest absolute Gasteiger partial charge is 0.307 e. The van der Waals surface area contributed by atoms with Crippen molar-refractivity contribution < 1.29 is 9.90 Å². The zero-order chi connectivity index (χ0) is 23.4. The minimum absolute atomic E-state index is 0.0167. The average Bonchev–Trinajstić information content (AvgIpc) is 3.24. The van der Waals surface area contributed by atoms with Crippen LogP contribution in [-0.2, 0) is 18.3 Å². The maximum Gasteiger partial charge on any atom is 0.307 e. The highest BCUT2D eigenvalue weighted by atomic mass is 16.4. The van der Waals surface area contributed by atoms with Crippen molar-refractivity contribution >= 4 is 17.3 Å². The SMILES string of the molecule is C[C@H](CN[C@H](c1ccn(C)n1)[C@H]1CNc2cccc(C#N)c2N1)c1cccc(CC(=O)O)c1. The van der Waals surface area contributed by atoms with Gasteiger partial charge in [-0.25, -0.2) is 0 Å². The second-order valence-corrected chi connectivity index (χ2v) is 8.49. The molecule has 1 aliphatic rings. The van der Waals surface area contributed by atoms with E-state index in [2.05, 4.69) is 34.0 Å². The summed E-state index contributed by atoms with van der Waals surface area (Å²) in [4.78, 5) is 11.1. The zero-order valence-electron chi connectivity index (χ0n) is 18.7. The normalized spacial score (nSPS) is 16.6. The highest BCUT2D eigenvalue weighted by Gasteiger charge is 2.30. The van der Waals surface area contributed by atoms with Crippen LogP contribution < -0.4 is 16.0 Å². The number of nitriles is 1. The molecule has 0 unspecified atom stereocenters. The number of hydrogen-bond donors (Lipinski definition) is 4. The summed E-state index contributed by atoms with van der Waals surface area (Å²) in [6.07, 6.45) is 1.94. The van der Waals surface area contributed by atoms with Gasteiger partial charge in [0.1, 0.15) is 6.07 Å². The summed E-state index contributed by atoms with van der Waals surface area (Å²) in [5, 5.41) is 33.9.